The molecule has 0 bridgehead atoms. The van der Waals surface area contributed by atoms with Crippen molar-refractivity contribution in [2.45, 2.75) is 53.0 Å². The fourth-order valence-electron chi connectivity index (χ4n) is 2.04. The largest absolute Gasteiger partial charge is 0.346 e. The summed E-state index contributed by atoms with van der Waals surface area (Å²) in [5, 5.41) is 9.77. The Labute approximate surface area is 103 Å². The van der Waals surface area contributed by atoms with Gasteiger partial charge in [0.05, 0.1) is 10.6 Å². The van der Waals surface area contributed by atoms with Crippen LogP contribution < -0.4 is 0 Å². The maximum Gasteiger partial charge on any atom is 0.103 e. The molecule has 0 saturated carbocycles. The van der Waals surface area contributed by atoms with E-state index in [2.05, 4.69) is 31.4 Å². The van der Waals surface area contributed by atoms with Crippen LogP contribution in [0.2, 0.25) is 5.02 Å². The number of hydrogen-bond donors (Lipinski definition) is 0. The summed E-state index contributed by atoms with van der Waals surface area (Å²) in [6.45, 7) is 9.36. The minimum absolute atomic E-state index is 0.403. The lowest BCUT2D eigenvalue weighted by Gasteiger charge is -2.15. The Morgan fingerprint density at radius 2 is 2.06 bits per heavy atom. The molecule has 0 N–H and O–H groups in total. The van der Waals surface area contributed by atoms with Crippen LogP contribution in [0, 0.1) is 18.3 Å². The first-order valence-corrected chi connectivity index (χ1v) is 6.24. The Balaban J connectivity index is 3.39. The maximum absolute atomic E-state index is 9.11. The Hall–Kier alpha value is -0.940. The third-order valence-electron chi connectivity index (χ3n) is 3.14. The first-order valence-electron chi connectivity index (χ1n) is 5.86. The van der Waals surface area contributed by atoms with Crippen LogP contribution in [0.5, 0.6) is 0 Å². The Kier molecular flexibility index (Phi) is 4.44. The Morgan fingerprint density at radius 3 is 2.50 bits per heavy atom. The van der Waals surface area contributed by atoms with Crippen LogP contribution in [0.3, 0.4) is 0 Å². The minimum atomic E-state index is 0.403. The van der Waals surface area contributed by atoms with E-state index in [4.69, 9.17) is 16.9 Å². The van der Waals surface area contributed by atoms with Gasteiger partial charge in [0.2, 0.25) is 0 Å². The molecule has 0 aliphatic carbocycles. The number of nitrogens with zero attached hydrogens (tertiary/aromatic N) is 2. The van der Waals surface area contributed by atoms with Gasteiger partial charge in [0.25, 0.3) is 0 Å². The molecule has 0 radical (unpaired) electrons. The summed E-state index contributed by atoms with van der Waals surface area (Å²) in [5.74, 6) is 0.403. The van der Waals surface area contributed by atoms with Crippen molar-refractivity contribution >= 4 is 11.6 Å². The number of hydrogen-bond acceptors (Lipinski definition) is 1. The fraction of sp³-hybridized carbons (Fsp3) is 0.615. The second kappa shape index (κ2) is 5.41. The van der Waals surface area contributed by atoms with E-state index in [-0.39, 0.29) is 0 Å². The third-order valence-corrected chi connectivity index (χ3v) is 3.52. The monoisotopic (exact) mass is 238 g/mol. The van der Waals surface area contributed by atoms with Crippen LogP contribution in [-0.2, 0) is 6.54 Å². The van der Waals surface area contributed by atoms with E-state index in [9.17, 15) is 0 Å². The molecule has 0 fully saturated rings. The Morgan fingerprint density at radius 1 is 1.44 bits per heavy atom. The lowest BCUT2D eigenvalue weighted by Crippen LogP contribution is -2.07. The Bertz CT molecular complexity index is 413. The predicted molar refractivity (Wildman–Crippen MR) is 67.9 cm³/mol. The van der Waals surface area contributed by atoms with E-state index in [0.29, 0.717) is 16.5 Å². The summed E-state index contributed by atoms with van der Waals surface area (Å²) in [6, 6.07) is 2.21. The molecule has 1 aromatic heterocycles. The van der Waals surface area contributed by atoms with E-state index >= 15 is 0 Å². The zero-order chi connectivity index (χ0) is 12.3. The highest BCUT2D eigenvalue weighted by atomic mass is 35.5. The van der Waals surface area contributed by atoms with Crippen molar-refractivity contribution in [2.75, 3.05) is 0 Å². The first kappa shape index (κ1) is 13.1. The van der Waals surface area contributed by atoms with Crippen molar-refractivity contribution in [3.05, 3.63) is 22.0 Å². The summed E-state index contributed by atoms with van der Waals surface area (Å²) in [7, 11) is 0. The van der Waals surface area contributed by atoms with Gasteiger partial charge in [-0.2, -0.15) is 5.26 Å². The molecule has 1 rings (SSSR count). The molecule has 1 atom stereocenters. The van der Waals surface area contributed by atoms with Gasteiger partial charge in [0.1, 0.15) is 6.07 Å². The second-order valence-corrected chi connectivity index (χ2v) is 4.61. The van der Waals surface area contributed by atoms with Gasteiger partial charge in [0, 0.05) is 17.9 Å². The van der Waals surface area contributed by atoms with Crippen LogP contribution in [0.1, 0.15) is 56.5 Å². The van der Waals surface area contributed by atoms with Gasteiger partial charge in [-0.15, -0.1) is 0 Å². The van der Waals surface area contributed by atoms with Gasteiger partial charge < -0.3 is 4.57 Å². The van der Waals surface area contributed by atoms with E-state index < -0.39 is 0 Å². The van der Waals surface area contributed by atoms with Crippen molar-refractivity contribution in [1.82, 2.24) is 4.57 Å². The fourth-order valence-corrected chi connectivity index (χ4v) is 2.51. The van der Waals surface area contributed by atoms with Crippen molar-refractivity contribution in [1.29, 1.82) is 5.26 Å². The zero-order valence-corrected chi connectivity index (χ0v) is 11.2. The van der Waals surface area contributed by atoms with Gasteiger partial charge >= 0.3 is 0 Å². The molecular formula is C13H19ClN2. The molecule has 1 heterocycles. The smallest absolute Gasteiger partial charge is 0.103 e. The van der Waals surface area contributed by atoms with Crippen molar-refractivity contribution in [2.24, 2.45) is 0 Å². The van der Waals surface area contributed by atoms with Gasteiger partial charge in [-0.25, -0.2) is 0 Å². The molecule has 0 spiro atoms. The molecule has 0 aliphatic rings. The zero-order valence-electron chi connectivity index (χ0n) is 10.5. The van der Waals surface area contributed by atoms with Crippen molar-refractivity contribution in [3.63, 3.8) is 0 Å². The second-order valence-electron chi connectivity index (χ2n) is 4.23. The van der Waals surface area contributed by atoms with Crippen molar-refractivity contribution < 1.29 is 0 Å². The van der Waals surface area contributed by atoms with Crippen LogP contribution in [-0.4, -0.2) is 4.57 Å². The molecular weight excluding hydrogens is 220 g/mol. The molecule has 1 unspecified atom stereocenters. The molecule has 16 heavy (non-hydrogen) atoms. The molecule has 1 aromatic rings. The average Bonchev–Trinajstić information content (AvgIpc) is 2.50. The van der Waals surface area contributed by atoms with Crippen molar-refractivity contribution in [3.8, 4) is 6.07 Å². The standard InChI is InChI=1S/C13H19ClN2/c1-5-7-16-10(4)11(8-15)12(14)13(16)9(3)6-2/h9H,5-7H2,1-4H3. The number of rotatable bonds is 4. The highest BCUT2D eigenvalue weighted by molar-refractivity contribution is 6.32. The highest BCUT2D eigenvalue weighted by Crippen LogP contribution is 2.34. The van der Waals surface area contributed by atoms with Crippen LogP contribution in [0.25, 0.3) is 0 Å². The number of aromatic nitrogens is 1. The minimum Gasteiger partial charge on any atom is -0.346 e. The molecule has 88 valence electrons. The van der Waals surface area contributed by atoms with Gasteiger partial charge in [-0.1, -0.05) is 32.4 Å². The van der Waals surface area contributed by atoms with Gasteiger partial charge in [0.15, 0.2) is 0 Å². The lowest BCUT2D eigenvalue weighted by molar-refractivity contribution is 0.586. The molecule has 0 aromatic carbocycles. The SMILES string of the molecule is CCCn1c(C)c(C#N)c(Cl)c1C(C)CC. The molecule has 0 amide bonds. The van der Waals surface area contributed by atoms with Crippen LogP contribution >= 0.6 is 11.6 Å². The van der Waals surface area contributed by atoms with E-state index in [1.54, 1.807) is 0 Å². The molecule has 0 aliphatic heterocycles. The van der Waals surface area contributed by atoms with Gasteiger partial charge in [-0.3, -0.25) is 0 Å². The summed E-state index contributed by atoms with van der Waals surface area (Å²) < 4.78 is 2.20. The normalized spacial score (nSPS) is 12.5. The molecule has 0 saturated heterocycles. The van der Waals surface area contributed by atoms with E-state index in [1.165, 1.54) is 0 Å². The summed E-state index contributed by atoms with van der Waals surface area (Å²) in [4.78, 5) is 0. The molecule has 2 nitrogen and oxygen atoms in total. The first-order chi connectivity index (χ1) is 7.58. The van der Waals surface area contributed by atoms with Crippen LogP contribution in [0.4, 0.5) is 0 Å². The topological polar surface area (TPSA) is 28.7 Å². The number of halogens is 1. The summed E-state index contributed by atoms with van der Waals surface area (Å²) >= 11 is 6.30. The van der Waals surface area contributed by atoms with E-state index in [1.807, 2.05) is 6.92 Å². The maximum atomic E-state index is 9.11. The summed E-state index contributed by atoms with van der Waals surface area (Å²) in [6.07, 6.45) is 2.10. The van der Waals surface area contributed by atoms with Gasteiger partial charge in [-0.05, 0) is 25.7 Å². The average molecular weight is 239 g/mol. The quantitative estimate of drug-likeness (QED) is 0.771. The third kappa shape index (κ3) is 2.10. The van der Waals surface area contributed by atoms with E-state index in [0.717, 1.165) is 30.8 Å². The number of nitriles is 1. The lowest BCUT2D eigenvalue weighted by atomic mass is 10.0. The highest BCUT2D eigenvalue weighted by Gasteiger charge is 2.21. The summed E-state index contributed by atoms with van der Waals surface area (Å²) in [5.41, 5.74) is 2.77. The van der Waals surface area contributed by atoms with Crippen LogP contribution in [0.15, 0.2) is 0 Å². The molecule has 3 heteroatoms. The predicted octanol–water partition coefficient (Wildman–Crippen LogP) is 4.25.